The van der Waals surface area contributed by atoms with Crippen molar-refractivity contribution in [2.75, 3.05) is 6.54 Å². The molecule has 0 unspecified atom stereocenters. The number of carbonyl (C=O) groups excluding carboxylic acids is 1. The van der Waals surface area contributed by atoms with Crippen molar-refractivity contribution in [3.63, 3.8) is 0 Å². The molecule has 5 heteroatoms. The van der Waals surface area contributed by atoms with Gasteiger partial charge in [0.15, 0.2) is 5.69 Å². The van der Waals surface area contributed by atoms with E-state index in [-0.39, 0.29) is 5.91 Å². The Bertz CT molecular complexity index is 590. The quantitative estimate of drug-likeness (QED) is 0.887. The molecule has 0 aliphatic heterocycles. The Morgan fingerprint density at radius 3 is 2.67 bits per heavy atom. The largest absolute Gasteiger partial charge is 0.351 e. The number of nitrogens with one attached hydrogen (secondary N) is 1. The molecule has 0 fully saturated rings. The van der Waals surface area contributed by atoms with E-state index in [9.17, 15) is 4.79 Å². The minimum absolute atomic E-state index is 0.146. The fourth-order valence-electron chi connectivity index (χ4n) is 2.03. The second-order valence-corrected chi connectivity index (χ2v) is 5.61. The van der Waals surface area contributed by atoms with Gasteiger partial charge in [-0.25, -0.2) is 4.68 Å². The fraction of sp³-hybridized carbons (Fsp3) is 0.438. The lowest BCUT2D eigenvalue weighted by Gasteiger charge is -2.06. The maximum absolute atomic E-state index is 12.1. The highest BCUT2D eigenvalue weighted by atomic mass is 16.2. The highest BCUT2D eigenvalue weighted by molar-refractivity contribution is 5.93. The van der Waals surface area contributed by atoms with Crippen LogP contribution in [0.1, 0.15) is 42.0 Å². The van der Waals surface area contributed by atoms with E-state index in [1.54, 1.807) is 4.68 Å². The summed E-state index contributed by atoms with van der Waals surface area (Å²) in [7, 11) is 0. The smallest absolute Gasteiger partial charge is 0.273 e. The summed E-state index contributed by atoms with van der Waals surface area (Å²) in [6.07, 6.45) is 0.961. The van der Waals surface area contributed by atoms with E-state index in [0.717, 1.165) is 17.7 Å². The maximum atomic E-state index is 12.1. The molecule has 0 radical (unpaired) electrons. The second-order valence-electron chi connectivity index (χ2n) is 5.61. The van der Waals surface area contributed by atoms with Gasteiger partial charge in [-0.2, -0.15) is 0 Å². The molecule has 21 heavy (non-hydrogen) atoms. The molecule has 2 aromatic rings. The Hall–Kier alpha value is -2.17. The number of aromatic nitrogens is 3. The van der Waals surface area contributed by atoms with E-state index < -0.39 is 0 Å². The van der Waals surface area contributed by atoms with Gasteiger partial charge in [0.1, 0.15) is 0 Å². The first-order chi connectivity index (χ1) is 10.1. The summed E-state index contributed by atoms with van der Waals surface area (Å²) in [5, 5.41) is 11.0. The molecule has 5 nitrogen and oxygen atoms in total. The molecule has 0 saturated carbocycles. The first-order valence-corrected chi connectivity index (χ1v) is 7.30. The van der Waals surface area contributed by atoms with E-state index in [1.165, 1.54) is 0 Å². The third-order valence-electron chi connectivity index (χ3n) is 3.38. The van der Waals surface area contributed by atoms with Gasteiger partial charge < -0.3 is 5.32 Å². The van der Waals surface area contributed by atoms with Crippen molar-refractivity contribution < 1.29 is 4.79 Å². The lowest BCUT2D eigenvalue weighted by Crippen LogP contribution is -2.26. The van der Waals surface area contributed by atoms with Crippen LogP contribution >= 0.6 is 0 Å². The molecule has 0 bridgehead atoms. The molecular weight excluding hydrogens is 264 g/mol. The molecule has 0 saturated heterocycles. The molecule has 1 aromatic carbocycles. The van der Waals surface area contributed by atoms with Crippen LogP contribution < -0.4 is 5.32 Å². The van der Waals surface area contributed by atoms with Crippen LogP contribution in [0.2, 0.25) is 0 Å². The average molecular weight is 286 g/mol. The third-order valence-corrected chi connectivity index (χ3v) is 3.38. The lowest BCUT2D eigenvalue weighted by atomic mass is 10.1. The van der Waals surface area contributed by atoms with Crippen molar-refractivity contribution in [2.45, 2.75) is 33.7 Å². The zero-order valence-corrected chi connectivity index (χ0v) is 12.8. The van der Waals surface area contributed by atoms with Gasteiger partial charge in [-0.15, -0.1) is 5.10 Å². The molecule has 0 aliphatic carbocycles. The van der Waals surface area contributed by atoms with Gasteiger partial charge in [0.25, 0.3) is 5.91 Å². The first kappa shape index (κ1) is 15.2. The van der Waals surface area contributed by atoms with Gasteiger partial charge in [-0.1, -0.05) is 49.4 Å². The normalized spacial score (nSPS) is 10.9. The monoisotopic (exact) mass is 286 g/mol. The number of amides is 1. The summed E-state index contributed by atoms with van der Waals surface area (Å²) in [5.41, 5.74) is 2.34. The maximum Gasteiger partial charge on any atom is 0.273 e. The Kier molecular flexibility index (Phi) is 5.09. The number of benzene rings is 1. The van der Waals surface area contributed by atoms with E-state index in [2.05, 4.69) is 29.5 Å². The first-order valence-electron chi connectivity index (χ1n) is 7.30. The Morgan fingerprint density at radius 1 is 1.29 bits per heavy atom. The number of carbonyl (C=O) groups is 1. The molecular formula is C16H22N4O. The summed E-state index contributed by atoms with van der Waals surface area (Å²) in [5.74, 6) is 0.424. The van der Waals surface area contributed by atoms with E-state index in [0.29, 0.717) is 24.7 Å². The minimum Gasteiger partial charge on any atom is -0.351 e. The van der Waals surface area contributed by atoms with Crippen molar-refractivity contribution in [1.29, 1.82) is 0 Å². The van der Waals surface area contributed by atoms with Crippen LogP contribution in [0.25, 0.3) is 0 Å². The summed E-state index contributed by atoms with van der Waals surface area (Å²) in [6, 6.07) is 10.0. The van der Waals surface area contributed by atoms with E-state index >= 15 is 0 Å². The van der Waals surface area contributed by atoms with Crippen LogP contribution in [0.3, 0.4) is 0 Å². The van der Waals surface area contributed by atoms with Crippen LogP contribution in [0.15, 0.2) is 30.3 Å². The second kappa shape index (κ2) is 7.02. The summed E-state index contributed by atoms with van der Waals surface area (Å²) in [4.78, 5) is 12.1. The van der Waals surface area contributed by atoms with Crippen LogP contribution in [0.5, 0.6) is 0 Å². The van der Waals surface area contributed by atoms with Crippen molar-refractivity contribution in [2.24, 2.45) is 5.92 Å². The van der Waals surface area contributed by atoms with Gasteiger partial charge >= 0.3 is 0 Å². The molecule has 0 spiro atoms. The van der Waals surface area contributed by atoms with Crippen LogP contribution in [-0.2, 0) is 6.54 Å². The van der Waals surface area contributed by atoms with Crippen molar-refractivity contribution in [1.82, 2.24) is 20.3 Å². The topological polar surface area (TPSA) is 59.8 Å². The molecule has 1 N–H and O–H groups in total. The van der Waals surface area contributed by atoms with Crippen LogP contribution in [0, 0.1) is 12.8 Å². The zero-order valence-electron chi connectivity index (χ0n) is 12.8. The van der Waals surface area contributed by atoms with Crippen molar-refractivity contribution >= 4 is 5.91 Å². The predicted octanol–water partition coefficient (Wildman–Crippen LogP) is 2.41. The Labute approximate surface area is 125 Å². The molecule has 112 valence electrons. The minimum atomic E-state index is -0.146. The number of rotatable bonds is 6. The molecule has 0 aliphatic rings. The molecule has 1 aromatic heterocycles. The number of hydrogen-bond donors (Lipinski definition) is 1. The van der Waals surface area contributed by atoms with Gasteiger partial charge in [0, 0.05) is 6.54 Å². The predicted molar refractivity (Wildman–Crippen MR) is 82.1 cm³/mol. The third kappa shape index (κ3) is 4.15. The molecule has 2 rings (SSSR count). The van der Waals surface area contributed by atoms with E-state index in [4.69, 9.17) is 0 Å². The van der Waals surface area contributed by atoms with Gasteiger partial charge in [-0.3, -0.25) is 4.79 Å². The van der Waals surface area contributed by atoms with Crippen LogP contribution in [0.4, 0.5) is 0 Å². The lowest BCUT2D eigenvalue weighted by molar-refractivity contribution is 0.0946. The number of hydrogen-bond acceptors (Lipinski definition) is 3. The summed E-state index contributed by atoms with van der Waals surface area (Å²) >= 11 is 0. The van der Waals surface area contributed by atoms with Crippen LogP contribution in [-0.4, -0.2) is 27.4 Å². The summed E-state index contributed by atoms with van der Waals surface area (Å²) in [6.45, 7) is 7.43. The standard InChI is InChI=1S/C16H22N4O/c1-12(2)9-10-17-16(21)15-13(3)20(19-18-15)11-14-7-5-4-6-8-14/h4-8,12H,9-11H2,1-3H3,(H,17,21). The Morgan fingerprint density at radius 2 is 2.00 bits per heavy atom. The highest BCUT2D eigenvalue weighted by Crippen LogP contribution is 2.08. The molecule has 1 heterocycles. The zero-order chi connectivity index (χ0) is 15.2. The van der Waals surface area contributed by atoms with Gasteiger partial charge in [0.2, 0.25) is 0 Å². The van der Waals surface area contributed by atoms with E-state index in [1.807, 2.05) is 37.3 Å². The molecule has 0 atom stereocenters. The van der Waals surface area contributed by atoms with Crippen molar-refractivity contribution in [3.8, 4) is 0 Å². The van der Waals surface area contributed by atoms with Gasteiger partial charge in [0.05, 0.1) is 12.2 Å². The summed E-state index contributed by atoms with van der Waals surface area (Å²) < 4.78 is 1.76. The van der Waals surface area contributed by atoms with Gasteiger partial charge in [-0.05, 0) is 24.8 Å². The fourth-order valence-corrected chi connectivity index (χ4v) is 2.03. The average Bonchev–Trinajstić information content (AvgIpc) is 2.81. The molecule has 1 amide bonds. The Balaban J connectivity index is 2.01. The highest BCUT2D eigenvalue weighted by Gasteiger charge is 2.16. The number of nitrogens with zero attached hydrogens (tertiary/aromatic N) is 3. The van der Waals surface area contributed by atoms with Crippen molar-refractivity contribution in [3.05, 3.63) is 47.3 Å². The SMILES string of the molecule is Cc1c(C(=O)NCCC(C)C)nnn1Cc1ccccc1.